The highest BCUT2D eigenvalue weighted by atomic mass is 16.7. The van der Waals surface area contributed by atoms with Crippen molar-refractivity contribution in [3.05, 3.63) is 60.8 Å². The van der Waals surface area contributed by atoms with E-state index in [2.05, 4.69) is 67.8 Å². The van der Waals surface area contributed by atoms with E-state index >= 15 is 0 Å². The lowest BCUT2D eigenvalue weighted by atomic mass is 9.99. The number of nitrogens with one attached hydrogen (secondary N) is 1. The van der Waals surface area contributed by atoms with Crippen LogP contribution in [0.25, 0.3) is 0 Å². The van der Waals surface area contributed by atoms with Crippen molar-refractivity contribution in [3.8, 4) is 0 Å². The Kier molecular flexibility index (Phi) is 61.7. The molecule has 498 valence electrons. The summed E-state index contributed by atoms with van der Waals surface area (Å²) in [6.45, 7) is 3.72. The van der Waals surface area contributed by atoms with Crippen molar-refractivity contribution >= 4 is 5.91 Å². The van der Waals surface area contributed by atoms with Gasteiger partial charge in [-0.15, -0.1) is 0 Å². The van der Waals surface area contributed by atoms with Crippen molar-refractivity contribution < 1.29 is 39.8 Å². The van der Waals surface area contributed by atoms with E-state index in [4.69, 9.17) is 9.47 Å². The largest absolute Gasteiger partial charge is 0.394 e. The van der Waals surface area contributed by atoms with Crippen molar-refractivity contribution in [1.82, 2.24) is 5.32 Å². The standard InChI is InChI=1S/C76H141NO8/c1-3-5-7-9-11-13-15-17-19-21-23-25-27-29-31-33-34-35-36-38-40-42-44-46-48-50-52-54-56-58-60-62-64-66-72(80)77-69(68-84-76-75(83)74(82)73(81)71(67-78)85-76)70(79)65-63-61-59-57-55-53-51-49-47-45-43-41-39-37-32-30-28-26-24-22-20-18-16-14-12-10-8-6-4-2/h5,7,11,13,17,19,23,25,63,65,69-71,73-76,78-79,81-83H,3-4,6,8-10,12,14-16,18,20-22,24,26-62,64,66-68H2,1-2H3,(H,77,80)/b7-5-,13-11-,19-17-,25-23-,65-63+. The number of aliphatic hydroxyl groups is 5. The van der Waals surface area contributed by atoms with Crippen LogP contribution in [0.2, 0.25) is 0 Å². The first-order valence-corrected chi connectivity index (χ1v) is 37.0. The van der Waals surface area contributed by atoms with Gasteiger partial charge in [0, 0.05) is 6.42 Å². The zero-order valence-corrected chi connectivity index (χ0v) is 55.9. The Balaban J connectivity index is 2.10. The Morgan fingerprint density at radius 2 is 0.729 bits per heavy atom. The Bertz CT molecular complexity index is 1530. The second-order valence-electron chi connectivity index (χ2n) is 25.7. The molecule has 1 amide bonds. The molecule has 0 spiro atoms. The molecule has 1 aliphatic rings. The lowest BCUT2D eigenvalue weighted by Gasteiger charge is -2.40. The van der Waals surface area contributed by atoms with E-state index in [1.807, 2.05) is 6.08 Å². The summed E-state index contributed by atoms with van der Waals surface area (Å²) >= 11 is 0. The van der Waals surface area contributed by atoms with Crippen molar-refractivity contribution in [1.29, 1.82) is 0 Å². The quantitative estimate of drug-likeness (QED) is 0.0261. The van der Waals surface area contributed by atoms with E-state index in [-0.39, 0.29) is 12.5 Å². The summed E-state index contributed by atoms with van der Waals surface area (Å²) in [6, 6.07) is -0.807. The van der Waals surface area contributed by atoms with Gasteiger partial charge in [-0.25, -0.2) is 0 Å². The third kappa shape index (κ3) is 53.4. The van der Waals surface area contributed by atoms with Gasteiger partial charge in [0.15, 0.2) is 6.29 Å². The molecule has 85 heavy (non-hydrogen) atoms. The number of ether oxygens (including phenoxy) is 2. The average Bonchev–Trinajstić information content (AvgIpc) is 3.68. The summed E-state index contributed by atoms with van der Waals surface area (Å²) in [7, 11) is 0. The lowest BCUT2D eigenvalue weighted by molar-refractivity contribution is -0.302. The monoisotopic (exact) mass is 1200 g/mol. The fraction of sp³-hybridized carbons (Fsp3) is 0.855. The topological polar surface area (TPSA) is 149 Å². The second kappa shape index (κ2) is 64.9. The predicted octanol–water partition coefficient (Wildman–Crippen LogP) is 20.5. The van der Waals surface area contributed by atoms with Gasteiger partial charge < -0.3 is 40.3 Å². The maximum atomic E-state index is 13.2. The van der Waals surface area contributed by atoms with Crippen LogP contribution in [0.15, 0.2) is 60.8 Å². The molecule has 1 heterocycles. The number of carbonyl (C=O) groups is 1. The van der Waals surface area contributed by atoms with E-state index in [0.29, 0.717) is 6.42 Å². The maximum Gasteiger partial charge on any atom is 0.220 e. The van der Waals surface area contributed by atoms with Gasteiger partial charge in [0.25, 0.3) is 0 Å². The fourth-order valence-corrected chi connectivity index (χ4v) is 11.9. The van der Waals surface area contributed by atoms with Crippen molar-refractivity contribution in [2.45, 2.75) is 403 Å². The van der Waals surface area contributed by atoms with E-state index < -0.39 is 49.5 Å². The highest BCUT2D eigenvalue weighted by Crippen LogP contribution is 2.24. The molecule has 0 saturated carbocycles. The molecule has 9 nitrogen and oxygen atoms in total. The van der Waals surface area contributed by atoms with Gasteiger partial charge in [-0.05, 0) is 57.8 Å². The van der Waals surface area contributed by atoms with E-state index in [9.17, 15) is 30.3 Å². The second-order valence-corrected chi connectivity index (χ2v) is 25.7. The maximum absolute atomic E-state index is 13.2. The van der Waals surface area contributed by atoms with Crippen LogP contribution < -0.4 is 5.32 Å². The predicted molar refractivity (Wildman–Crippen MR) is 364 cm³/mol. The summed E-state index contributed by atoms with van der Waals surface area (Å²) in [6.07, 6.45) is 83.4. The Hall–Kier alpha value is -2.11. The minimum absolute atomic E-state index is 0.171. The fourth-order valence-electron chi connectivity index (χ4n) is 11.9. The normalized spacial score (nSPS) is 18.4. The first-order chi connectivity index (χ1) is 41.8. The van der Waals surface area contributed by atoms with Crippen molar-refractivity contribution in [2.24, 2.45) is 0 Å². The summed E-state index contributed by atoms with van der Waals surface area (Å²) in [4.78, 5) is 13.2. The molecule has 7 unspecified atom stereocenters. The molecule has 0 bridgehead atoms. The van der Waals surface area contributed by atoms with Crippen LogP contribution in [0.3, 0.4) is 0 Å². The van der Waals surface area contributed by atoms with Crippen LogP contribution in [0, 0.1) is 0 Å². The minimum atomic E-state index is -1.57. The van der Waals surface area contributed by atoms with E-state index in [1.54, 1.807) is 6.08 Å². The highest BCUT2D eigenvalue weighted by Gasteiger charge is 2.44. The summed E-state index contributed by atoms with van der Waals surface area (Å²) < 4.78 is 11.3. The summed E-state index contributed by atoms with van der Waals surface area (Å²) in [5.74, 6) is -0.171. The van der Waals surface area contributed by atoms with Crippen molar-refractivity contribution in [2.75, 3.05) is 13.2 Å². The van der Waals surface area contributed by atoms with Gasteiger partial charge >= 0.3 is 0 Å². The van der Waals surface area contributed by atoms with Crippen LogP contribution in [0.1, 0.15) is 361 Å². The van der Waals surface area contributed by atoms with Crippen LogP contribution >= 0.6 is 0 Å². The van der Waals surface area contributed by atoms with Crippen LogP contribution in [0.4, 0.5) is 0 Å². The number of amides is 1. The van der Waals surface area contributed by atoms with Crippen LogP contribution in [-0.2, 0) is 14.3 Å². The summed E-state index contributed by atoms with van der Waals surface area (Å²) in [5.41, 5.74) is 0. The molecule has 0 aromatic carbocycles. The molecule has 0 radical (unpaired) electrons. The molecule has 6 N–H and O–H groups in total. The molecule has 1 aliphatic heterocycles. The third-order valence-corrected chi connectivity index (χ3v) is 17.6. The Morgan fingerprint density at radius 1 is 0.412 bits per heavy atom. The number of allylic oxidation sites excluding steroid dienone is 9. The van der Waals surface area contributed by atoms with Crippen LogP contribution in [0.5, 0.6) is 0 Å². The molecule has 0 aliphatic carbocycles. The number of hydrogen-bond donors (Lipinski definition) is 6. The number of rotatable bonds is 65. The SMILES string of the molecule is CC/C=C\C/C=C\C/C=C\C/C=C\CCCCCCCCCCCCCCCCCCCCCCC(=O)NC(COC1OC(CO)C(O)C(O)C1O)C(O)/C=C/CCCCCCCCCCCCCCCCCCCCCCCCCCCCC. The molecule has 7 atom stereocenters. The molecule has 0 aromatic rings. The van der Waals surface area contributed by atoms with Gasteiger partial charge in [-0.1, -0.05) is 357 Å². The molecular formula is C76H141NO8. The van der Waals surface area contributed by atoms with Crippen LogP contribution in [-0.4, -0.2) is 87.5 Å². The number of carbonyl (C=O) groups excluding carboxylic acids is 1. The molecule has 1 saturated heterocycles. The summed E-state index contributed by atoms with van der Waals surface area (Å²) in [5, 5.41) is 54.9. The number of unbranched alkanes of at least 4 members (excludes halogenated alkanes) is 47. The third-order valence-electron chi connectivity index (χ3n) is 17.6. The van der Waals surface area contributed by atoms with Gasteiger partial charge in [0.1, 0.15) is 24.4 Å². The molecule has 0 aromatic heterocycles. The Labute approximate surface area is 526 Å². The first-order valence-electron chi connectivity index (χ1n) is 37.0. The molecule has 1 rings (SSSR count). The van der Waals surface area contributed by atoms with E-state index in [0.717, 1.165) is 64.2 Å². The zero-order chi connectivity index (χ0) is 61.4. The number of aliphatic hydroxyl groups excluding tert-OH is 5. The molecule has 9 heteroatoms. The average molecular weight is 1200 g/mol. The van der Waals surface area contributed by atoms with Gasteiger partial charge in [-0.2, -0.15) is 0 Å². The van der Waals surface area contributed by atoms with Gasteiger partial charge in [-0.3, -0.25) is 4.79 Å². The zero-order valence-electron chi connectivity index (χ0n) is 55.9. The van der Waals surface area contributed by atoms with Crippen molar-refractivity contribution in [3.63, 3.8) is 0 Å². The van der Waals surface area contributed by atoms with Gasteiger partial charge in [0.05, 0.1) is 25.4 Å². The Morgan fingerprint density at radius 3 is 1.08 bits per heavy atom. The minimum Gasteiger partial charge on any atom is -0.394 e. The van der Waals surface area contributed by atoms with Gasteiger partial charge in [0.2, 0.25) is 5.91 Å². The molecular weight excluding hydrogens is 1050 g/mol. The highest BCUT2D eigenvalue weighted by molar-refractivity contribution is 5.76. The molecule has 1 fully saturated rings. The first kappa shape index (κ1) is 80.9. The van der Waals surface area contributed by atoms with E-state index in [1.165, 1.54) is 276 Å². The lowest BCUT2D eigenvalue weighted by Crippen LogP contribution is -2.60. The smallest absolute Gasteiger partial charge is 0.220 e. The number of hydrogen-bond acceptors (Lipinski definition) is 8.